The first-order chi connectivity index (χ1) is 15.5. The normalized spacial score (nSPS) is 19.1. The molecule has 0 radical (unpaired) electrons. The maximum atomic E-state index is 14.4. The van der Waals surface area contributed by atoms with Crippen molar-refractivity contribution in [2.24, 2.45) is 5.10 Å². The molecule has 1 aromatic heterocycles. The highest BCUT2D eigenvalue weighted by Gasteiger charge is 2.35. The summed E-state index contributed by atoms with van der Waals surface area (Å²) < 4.78 is 19.7. The number of amides is 2. The lowest BCUT2D eigenvalue weighted by atomic mass is 10.0. The lowest BCUT2D eigenvalue weighted by Gasteiger charge is -2.30. The van der Waals surface area contributed by atoms with E-state index >= 15 is 0 Å². The molecular weight excluding hydrogens is 431 g/mol. The van der Waals surface area contributed by atoms with Crippen molar-refractivity contribution in [1.29, 1.82) is 0 Å². The van der Waals surface area contributed by atoms with Gasteiger partial charge in [0.1, 0.15) is 12.4 Å². The average molecular weight is 459 g/mol. The molecule has 2 amide bonds. The fourth-order valence-corrected chi connectivity index (χ4v) is 4.78. The summed E-state index contributed by atoms with van der Waals surface area (Å²) in [6.45, 7) is 5.57. The summed E-state index contributed by atoms with van der Waals surface area (Å²) in [7, 11) is 0. The molecular formula is C23H27FN4O3S. The van der Waals surface area contributed by atoms with E-state index < -0.39 is 0 Å². The van der Waals surface area contributed by atoms with Gasteiger partial charge in [0, 0.05) is 50.0 Å². The Labute approximate surface area is 191 Å². The van der Waals surface area contributed by atoms with E-state index in [1.54, 1.807) is 23.1 Å². The van der Waals surface area contributed by atoms with Crippen LogP contribution >= 0.6 is 11.3 Å². The lowest BCUT2D eigenvalue weighted by molar-refractivity contribution is -0.140. The maximum absolute atomic E-state index is 14.4. The van der Waals surface area contributed by atoms with Gasteiger partial charge < -0.3 is 9.64 Å². The fraction of sp³-hybridized carbons (Fsp3) is 0.435. The Kier molecular flexibility index (Phi) is 7.29. The summed E-state index contributed by atoms with van der Waals surface area (Å²) in [6.07, 6.45) is 0.432. The van der Waals surface area contributed by atoms with Gasteiger partial charge >= 0.3 is 0 Å². The standard InChI is InChI=1S/C23H27FN4O3S/c1-17(29)27(9-8-26-10-12-31-13-11-26)16-23(30)28-21(22-7-4-14-32-22)15-20(25-28)18-5-2-3-6-19(18)24/h2-7,14,21H,8-13,15-16H2,1H3/t21-/m0/s1. The molecule has 1 aromatic carbocycles. The first kappa shape index (κ1) is 22.6. The molecule has 9 heteroatoms. The van der Waals surface area contributed by atoms with Crippen LogP contribution in [0.1, 0.15) is 29.8 Å². The molecule has 2 aliphatic rings. The van der Waals surface area contributed by atoms with Crippen LogP contribution in [0, 0.1) is 5.82 Å². The van der Waals surface area contributed by atoms with Crippen molar-refractivity contribution >= 4 is 28.9 Å². The second kappa shape index (κ2) is 10.3. The molecule has 3 heterocycles. The quantitative estimate of drug-likeness (QED) is 0.640. The van der Waals surface area contributed by atoms with Crippen LogP contribution in [-0.2, 0) is 14.3 Å². The van der Waals surface area contributed by atoms with Crippen molar-refractivity contribution in [3.05, 3.63) is 58.0 Å². The minimum Gasteiger partial charge on any atom is -0.379 e. The molecule has 0 spiro atoms. The number of halogens is 1. The summed E-state index contributed by atoms with van der Waals surface area (Å²) in [4.78, 5) is 30.3. The van der Waals surface area contributed by atoms with Crippen LogP contribution in [0.2, 0.25) is 0 Å². The molecule has 1 saturated heterocycles. The molecule has 0 N–H and O–H groups in total. The van der Waals surface area contributed by atoms with Gasteiger partial charge in [0.25, 0.3) is 5.91 Å². The number of carbonyl (C=O) groups excluding carboxylic acids is 2. The molecule has 4 rings (SSSR count). The topological polar surface area (TPSA) is 65.5 Å². The molecule has 2 aliphatic heterocycles. The maximum Gasteiger partial charge on any atom is 0.262 e. The second-order valence-corrected chi connectivity index (χ2v) is 8.87. The third-order valence-electron chi connectivity index (χ3n) is 5.78. The number of hydrogen-bond donors (Lipinski definition) is 0. The zero-order valence-corrected chi connectivity index (χ0v) is 18.9. The van der Waals surface area contributed by atoms with Crippen molar-refractivity contribution in [2.45, 2.75) is 19.4 Å². The molecule has 0 aliphatic carbocycles. The SMILES string of the molecule is CC(=O)N(CCN1CCOCC1)CC(=O)N1N=C(c2ccccc2F)C[C@H]1c1cccs1. The van der Waals surface area contributed by atoms with E-state index in [9.17, 15) is 14.0 Å². The van der Waals surface area contributed by atoms with Gasteiger partial charge in [0.05, 0.1) is 25.0 Å². The Hall–Kier alpha value is -2.62. The zero-order valence-electron chi connectivity index (χ0n) is 18.1. The van der Waals surface area contributed by atoms with E-state index in [1.807, 2.05) is 17.5 Å². The monoisotopic (exact) mass is 458 g/mol. The fourth-order valence-electron chi connectivity index (χ4n) is 3.97. The molecule has 1 atom stereocenters. The van der Waals surface area contributed by atoms with Crippen molar-refractivity contribution in [1.82, 2.24) is 14.8 Å². The number of hydrazone groups is 1. The van der Waals surface area contributed by atoms with E-state index in [0.29, 0.717) is 44.0 Å². The summed E-state index contributed by atoms with van der Waals surface area (Å²) in [5.41, 5.74) is 0.942. The number of morpholine rings is 1. The number of hydrogen-bond acceptors (Lipinski definition) is 6. The third-order valence-corrected chi connectivity index (χ3v) is 6.76. The predicted molar refractivity (Wildman–Crippen MR) is 121 cm³/mol. The van der Waals surface area contributed by atoms with Crippen LogP contribution in [0.15, 0.2) is 46.9 Å². The van der Waals surface area contributed by atoms with Gasteiger partial charge in [0.2, 0.25) is 5.91 Å². The molecule has 170 valence electrons. The molecule has 0 bridgehead atoms. The number of benzene rings is 1. The van der Waals surface area contributed by atoms with Crippen molar-refractivity contribution in [2.75, 3.05) is 45.9 Å². The van der Waals surface area contributed by atoms with Crippen molar-refractivity contribution in [3.63, 3.8) is 0 Å². The largest absolute Gasteiger partial charge is 0.379 e. The minimum absolute atomic E-state index is 0.0599. The molecule has 7 nitrogen and oxygen atoms in total. The van der Waals surface area contributed by atoms with Gasteiger partial charge in [-0.15, -0.1) is 11.3 Å². The Bertz CT molecular complexity index is 975. The molecule has 32 heavy (non-hydrogen) atoms. The van der Waals surface area contributed by atoms with Crippen molar-refractivity contribution in [3.8, 4) is 0 Å². The van der Waals surface area contributed by atoms with Gasteiger partial charge in [-0.3, -0.25) is 14.5 Å². The van der Waals surface area contributed by atoms with Gasteiger partial charge in [-0.2, -0.15) is 5.10 Å². The molecule has 0 saturated carbocycles. The number of ether oxygens (including phenoxy) is 1. The van der Waals surface area contributed by atoms with E-state index in [4.69, 9.17) is 4.74 Å². The second-order valence-electron chi connectivity index (χ2n) is 7.89. The molecule has 2 aromatic rings. The molecule has 0 unspecified atom stereocenters. The first-order valence-electron chi connectivity index (χ1n) is 10.8. The van der Waals surface area contributed by atoms with Crippen LogP contribution in [-0.4, -0.2) is 78.3 Å². The van der Waals surface area contributed by atoms with Crippen LogP contribution in [0.25, 0.3) is 0 Å². The number of nitrogens with zero attached hydrogens (tertiary/aromatic N) is 4. The minimum atomic E-state index is -0.360. The van der Waals surface area contributed by atoms with Gasteiger partial charge in [0.15, 0.2) is 0 Å². The van der Waals surface area contributed by atoms with Crippen LogP contribution in [0.3, 0.4) is 0 Å². The summed E-state index contributed by atoms with van der Waals surface area (Å²) in [6, 6.07) is 10.0. The Morgan fingerprint density at radius 2 is 2.00 bits per heavy atom. The van der Waals surface area contributed by atoms with Crippen LogP contribution in [0.5, 0.6) is 0 Å². The summed E-state index contributed by atoms with van der Waals surface area (Å²) in [5, 5.41) is 7.90. The highest BCUT2D eigenvalue weighted by Crippen LogP contribution is 2.35. The van der Waals surface area contributed by atoms with Gasteiger partial charge in [-0.25, -0.2) is 9.40 Å². The van der Waals surface area contributed by atoms with E-state index in [-0.39, 0.29) is 30.2 Å². The number of carbonyl (C=O) groups is 2. The summed E-state index contributed by atoms with van der Waals surface area (Å²) in [5.74, 6) is -0.787. The van der Waals surface area contributed by atoms with E-state index in [2.05, 4.69) is 10.0 Å². The Morgan fingerprint density at radius 1 is 1.22 bits per heavy atom. The zero-order chi connectivity index (χ0) is 22.5. The Balaban J connectivity index is 1.50. The van der Waals surface area contributed by atoms with Crippen LogP contribution in [0.4, 0.5) is 4.39 Å². The lowest BCUT2D eigenvalue weighted by Crippen LogP contribution is -2.45. The van der Waals surface area contributed by atoms with Gasteiger partial charge in [-0.05, 0) is 17.5 Å². The number of rotatable bonds is 7. The highest BCUT2D eigenvalue weighted by atomic mass is 32.1. The average Bonchev–Trinajstić information content (AvgIpc) is 3.47. The summed E-state index contributed by atoms with van der Waals surface area (Å²) >= 11 is 1.54. The number of thiophene rings is 1. The van der Waals surface area contributed by atoms with Gasteiger partial charge in [-0.1, -0.05) is 24.3 Å². The highest BCUT2D eigenvalue weighted by molar-refractivity contribution is 7.10. The molecule has 1 fully saturated rings. The Morgan fingerprint density at radius 3 is 2.69 bits per heavy atom. The predicted octanol–water partition coefficient (Wildman–Crippen LogP) is 2.75. The third kappa shape index (κ3) is 5.23. The van der Waals surface area contributed by atoms with Crippen LogP contribution < -0.4 is 0 Å². The van der Waals surface area contributed by atoms with E-state index in [1.165, 1.54) is 29.3 Å². The van der Waals surface area contributed by atoms with E-state index in [0.717, 1.165) is 18.0 Å². The smallest absolute Gasteiger partial charge is 0.262 e. The van der Waals surface area contributed by atoms with Crippen molar-refractivity contribution < 1.29 is 18.7 Å². The first-order valence-corrected chi connectivity index (χ1v) is 11.6.